The van der Waals surface area contributed by atoms with Crippen molar-refractivity contribution in [2.45, 2.75) is 77.9 Å². The summed E-state index contributed by atoms with van der Waals surface area (Å²) < 4.78 is 5.64. The second-order valence-corrected chi connectivity index (χ2v) is 11.7. The van der Waals surface area contributed by atoms with Crippen molar-refractivity contribution in [3.8, 4) is 0 Å². The highest BCUT2D eigenvalue weighted by Gasteiger charge is 2.46. The van der Waals surface area contributed by atoms with Gasteiger partial charge in [0.15, 0.2) is 5.78 Å². The fourth-order valence-electron chi connectivity index (χ4n) is 5.81. The van der Waals surface area contributed by atoms with Crippen molar-refractivity contribution in [3.63, 3.8) is 0 Å². The van der Waals surface area contributed by atoms with Crippen LogP contribution in [0.3, 0.4) is 0 Å². The van der Waals surface area contributed by atoms with E-state index in [1.807, 2.05) is 69.3 Å². The van der Waals surface area contributed by atoms with Crippen LogP contribution in [0.4, 0.5) is 4.79 Å². The summed E-state index contributed by atoms with van der Waals surface area (Å²) in [4.78, 5) is 30.1. The Labute approximate surface area is 232 Å². The predicted molar refractivity (Wildman–Crippen MR) is 157 cm³/mol. The van der Waals surface area contributed by atoms with Crippen molar-refractivity contribution in [3.05, 3.63) is 107 Å². The van der Waals surface area contributed by atoms with E-state index >= 15 is 0 Å². The standard InChI is InChI=1S/C34H40N2O3/c1-6-20-34(22-26-16-10-11-17-28(26)31(34)36-32(38)39-33(3,4)5)21-12-13-24(2)29-19-18-27(23-35-29)30(37)25-14-8-7-9-15-25/h7-11,14-19,23,31H,2,6,12-13,20-22H2,1,3-5H3,(H,36,38). The summed E-state index contributed by atoms with van der Waals surface area (Å²) in [5.74, 6) is -0.0360. The third-order valence-electron chi connectivity index (χ3n) is 7.51. The molecule has 0 fully saturated rings. The van der Waals surface area contributed by atoms with E-state index in [4.69, 9.17) is 4.74 Å². The maximum Gasteiger partial charge on any atom is 0.408 e. The van der Waals surface area contributed by atoms with Gasteiger partial charge in [-0.1, -0.05) is 74.5 Å². The molecule has 0 spiro atoms. The molecule has 3 aromatic rings. The van der Waals surface area contributed by atoms with Gasteiger partial charge in [-0.15, -0.1) is 0 Å². The molecule has 1 amide bonds. The molecule has 1 aliphatic carbocycles. The minimum absolute atomic E-state index is 0.0360. The van der Waals surface area contributed by atoms with Crippen molar-refractivity contribution in [1.29, 1.82) is 0 Å². The highest BCUT2D eigenvalue weighted by Crippen LogP contribution is 2.52. The molecule has 0 saturated carbocycles. The second-order valence-electron chi connectivity index (χ2n) is 11.7. The molecule has 0 aliphatic heterocycles. The number of hydrogen-bond acceptors (Lipinski definition) is 4. The molecule has 204 valence electrons. The fourth-order valence-corrected chi connectivity index (χ4v) is 5.81. The summed E-state index contributed by atoms with van der Waals surface area (Å²) in [5, 5.41) is 3.24. The van der Waals surface area contributed by atoms with Crippen molar-refractivity contribution in [2.75, 3.05) is 0 Å². The van der Waals surface area contributed by atoms with E-state index in [9.17, 15) is 9.59 Å². The Morgan fingerprint density at radius 1 is 1.00 bits per heavy atom. The fraction of sp³-hybridized carbons (Fsp3) is 0.382. The zero-order chi connectivity index (χ0) is 28.0. The zero-order valence-electron chi connectivity index (χ0n) is 23.6. The summed E-state index contributed by atoms with van der Waals surface area (Å²) in [7, 11) is 0. The first-order valence-corrected chi connectivity index (χ1v) is 13.9. The van der Waals surface area contributed by atoms with E-state index in [0.717, 1.165) is 49.8 Å². The summed E-state index contributed by atoms with van der Waals surface area (Å²) in [5.41, 5.74) is 4.83. The first kappa shape index (κ1) is 28.3. The summed E-state index contributed by atoms with van der Waals surface area (Å²) in [6.45, 7) is 12.2. The molecule has 2 unspecified atom stereocenters. The van der Waals surface area contributed by atoms with E-state index in [1.54, 1.807) is 6.20 Å². The van der Waals surface area contributed by atoms with Crippen LogP contribution >= 0.6 is 0 Å². The smallest absolute Gasteiger partial charge is 0.408 e. The van der Waals surface area contributed by atoms with Gasteiger partial charge in [-0.3, -0.25) is 9.78 Å². The molecule has 5 nitrogen and oxygen atoms in total. The zero-order valence-corrected chi connectivity index (χ0v) is 23.6. The number of aromatic nitrogens is 1. The number of rotatable bonds is 10. The molecule has 1 aliphatic rings. The average Bonchev–Trinajstić information content (AvgIpc) is 3.20. The maximum absolute atomic E-state index is 12.9. The van der Waals surface area contributed by atoms with Crippen LogP contribution in [0, 0.1) is 5.41 Å². The van der Waals surface area contributed by atoms with Gasteiger partial charge < -0.3 is 10.1 Å². The normalized spacial score (nSPS) is 18.3. The lowest BCUT2D eigenvalue weighted by atomic mass is 9.73. The Morgan fingerprint density at radius 3 is 2.38 bits per heavy atom. The molecule has 0 radical (unpaired) electrons. The van der Waals surface area contributed by atoms with Crippen molar-refractivity contribution < 1.29 is 14.3 Å². The van der Waals surface area contributed by atoms with Crippen molar-refractivity contribution in [1.82, 2.24) is 10.3 Å². The molecule has 1 aromatic heterocycles. The predicted octanol–water partition coefficient (Wildman–Crippen LogP) is 8.10. The lowest BCUT2D eigenvalue weighted by molar-refractivity contribution is 0.0432. The van der Waals surface area contributed by atoms with Gasteiger partial charge in [-0.2, -0.15) is 0 Å². The largest absolute Gasteiger partial charge is 0.444 e. The molecule has 0 bridgehead atoms. The van der Waals surface area contributed by atoms with Gasteiger partial charge in [0.2, 0.25) is 0 Å². The number of fused-ring (bicyclic) bond motifs is 1. The Morgan fingerprint density at radius 2 is 1.72 bits per heavy atom. The van der Waals surface area contributed by atoms with Crippen LogP contribution in [0.25, 0.3) is 5.57 Å². The van der Waals surface area contributed by atoms with E-state index in [2.05, 4.69) is 42.0 Å². The summed E-state index contributed by atoms with van der Waals surface area (Å²) in [6.07, 6.45) is 6.89. The van der Waals surface area contributed by atoms with Crippen LogP contribution < -0.4 is 5.32 Å². The summed E-state index contributed by atoms with van der Waals surface area (Å²) >= 11 is 0. The second kappa shape index (κ2) is 12.0. The van der Waals surface area contributed by atoms with Gasteiger partial charge >= 0.3 is 6.09 Å². The first-order valence-electron chi connectivity index (χ1n) is 13.9. The van der Waals surface area contributed by atoms with Gasteiger partial charge in [-0.05, 0) is 87.1 Å². The highest BCUT2D eigenvalue weighted by molar-refractivity contribution is 6.08. The number of ether oxygens (including phenoxy) is 1. The summed E-state index contributed by atoms with van der Waals surface area (Å²) in [6, 6.07) is 21.3. The van der Waals surface area contributed by atoms with Gasteiger partial charge in [-0.25, -0.2) is 4.79 Å². The van der Waals surface area contributed by atoms with Crippen LogP contribution in [0.1, 0.15) is 98.6 Å². The van der Waals surface area contributed by atoms with Gasteiger partial charge in [0.25, 0.3) is 0 Å². The maximum atomic E-state index is 12.9. The van der Waals surface area contributed by atoms with Crippen LogP contribution in [-0.4, -0.2) is 22.5 Å². The van der Waals surface area contributed by atoms with Crippen molar-refractivity contribution >= 4 is 17.4 Å². The lowest BCUT2D eigenvalue weighted by Crippen LogP contribution is -2.41. The number of nitrogens with one attached hydrogen (secondary N) is 1. The lowest BCUT2D eigenvalue weighted by Gasteiger charge is -2.37. The Bertz CT molecular complexity index is 1310. The number of carbonyl (C=O) groups is 2. The minimum Gasteiger partial charge on any atom is -0.444 e. The Kier molecular flexibility index (Phi) is 8.69. The number of ketones is 1. The van der Waals surface area contributed by atoms with Gasteiger partial charge in [0, 0.05) is 17.3 Å². The molecule has 39 heavy (non-hydrogen) atoms. The Hall–Kier alpha value is -3.73. The van der Waals surface area contributed by atoms with E-state index < -0.39 is 5.60 Å². The van der Waals surface area contributed by atoms with E-state index in [1.165, 1.54) is 11.1 Å². The van der Waals surface area contributed by atoms with Crippen molar-refractivity contribution in [2.24, 2.45) is 5.41 Å². The number of carbonyl (C=O) groups excluding carboxylic acids is 2. The number of hydrogen-bond donors (Lipinski definition) is 1. The molecule has 1 heterocycles. The number of alkyl carbamates (subject to hydrolysis) is 1. The van der Waals surface area contributed by atoms with Crippen LogP contribution in [0.2, 0.25) is 0 Å². The third-order valence-corrected chi connectivity index (χ3v) is 7.51. The highest BCUT2D eigenvalue weighted by atomic mass is 16.6. The Balaban J connectivity index is 1.44. The van der Waals surface area contributed by atoms with Gasteiger partial charge in [0.05, 0.1) is 11.7 Å². The third kappa shape index (κ3) is 6.83. The topological polar surface area (TPSA) is 68.3 Å². The first-order chi connectivity index (χ1) is 18.6. The number of amides is 1. The van der Waals surface area contributed by atoms with E-state index in [0.29, 0.717) is 11.1 Å². The SMILES string of the molecule is C=C(CCCC1(CCC)Cc2ccccc2C1NC(=O)OC(C)(C)C)c1ccc(C(=O)c2ccccc2)cn1. The molecule has 2 atom stereocenters. The van der Waals surface area contributed by atoms with Crippen LogP contribution in [0.15, 0.2) is 79.5 Å². The number of allylic oxidation sites excluding steroid dienone is 1. The molecule has 2 aromatic carbocycles. The molecular formula is C34H40N2O3. The monoisotopic (exact) mass is 524 g/mol. The van der Waals surface area contributed by atoms with E-state index in [-0.39, 0.29) is 23.3 Å². The van der Waals surface area contributed by atoms with Gasteiger partial charge in [0.1, 0.15) is 5.60 Å². The molecule has 5 heteroatoms. The molecule has 0 saturated heterocycles. The minimum atomic E-state index is -0.554. The molecule has 1 N–H and O–H groups in total. The van der Waals surface area contributed by atoms with Crippen LogP contribution in [0.5, 0.6) is 0 Å². The number of nitrogens with zero attached hydrogens (tertiary/aromatic N) is 1. The van der Waals surface area contributed by atoms with Crippen LogP contribution in [-0.2, 0) is 11.2 Å². The molecule has 4 rings (SSSR count). The number of benzene rings is 2. The average molecular weight is 525 g/mol. The number of pyridine rings is 1. The molecular weight excluding hydrogens is 484 g/mol. The quantitative estimate of drug-likeness (QED) is 0.272.